The topological polar surface area (TPSA) is 84.7 Å². The Morgan fingerprint density at radius 1 is 1.20 bits per heavy atom. The van der Waals surface area contributed by atoms with Crippen LogP contribution in [-0.2, 0) is 14.3 Å². The van der Waals surface area contributed by atoms with Crippen molar-refractivity contribution in [2.75, 3.05) is 33.4 Å². The number of nitrogens with one attached hydrogen (secondary N) is 1. The molecule has 6 nitrogen and oxygen atoms in total. The second-order valence-corrected chi connectivity index (χ2v) is 5.24. The van der Waals surface area contributed by atoms with E-state index in [9.17, 15) is 9.59 Å². The van der Waals surface area contributed by atoms with Gasteiger partial charge in [-0.2, -0.15) is 0 Å². The molecule has 0 saturated carbocycles. The molecule has 0 aromatic carbocycles. The van der Waals surface area contributed by atoms with Crippen molar-refractivity contribution >= 4 is 11.8 Å². The van der Waals surface area contributed by atoms with Gasteiger partial charge in [0.2, 0.25) is 11.8 Å². The molecule has 0 aliphatic heterocycles. The van der Waals surface area contributed by atoms with Crippen LogP contribution in [0.15, 0.2) is 0 Å². The standard InChI is InChI=1S/C14H29N3O3/c1-11(2)12(3)17(4)14(19)5-8-16-13(18)6-9-20-10-7-15/h11-12H,5-10,15H2,1-4H3,(H,16,18). The molecule has 0 aliphatic carbocycles. The van der Waals surface area contributed by atoms with Crippen LogP contribution in [0.25, 0.3) is 0 Å². The zero-order valence-corrected chi connectivity index (χ0v) is 13.1. The SMILES string of the molecule is CC(C)C(C)N(C)C(=O)CCNC(=O)CCOCCN. The van der Waals surface area contributed by atoms with Crippen molar-refractivity contribution in [2.45, 2.75) is 39.7 Å². The third kappa shape index (κ3) is 8.12. The lowest BCUT2D eigenvalue weighted by atomic mass is 10.1. The first-order valence-corrected chi connectivity index (χ1v) is 7.20. The Labute approximate surface area is 122 Å². The van der Waals surface area contributed by atoms with Gasteiger partial charge in [-0.25, -0.2) is 0 Å². The Morgan fingerprint density at radius 3 is 2.40 bits per heavy atom. The number of nitrogens with zero attached hydrogens (tertiary/aromatic N) is 1. The summed E-state index contributed by atoms with van der Waals surface area (Å²) in [6.07, 6.45) is 0.620. The van der Waals surface area contributed by atoms with Gasteiger partial charge in [-0.1, -0.05) is 13.8 Å². The maximum atomic E-state index is 11.9. The molecule has 1 unspecified atom stereocenters. The van der Waals surface area contributed by atoms with Gasteiger partial charge in [0.15, 0.2) is 0 Å². The van der Waals surface area contributed by atoms with Gasteiger partial charge < -0.3 is 20.7 Å². The highest BCUT2D eigenvalue weighted by atomic mass is 16.5. The molecule has 0 fully saturated rings. The first kappa shape index (κ1) is 18.9. The van der Waals surface area contributed by atoms with Crippen molar-refractivity contribution in [1.29, 1.82) is 0 Å². The van der Waals surface area contributed by atoms with Crippen molar-refractivity contribution in [3.05, 3.63) is 0 Å². The van der Waals surface area contributed by atoms with Crippen LogP contribution in [0.1, 0.15) is 33.6 Å². The predicted molar refractivity (Wildman–Crippen MR) is 79.2 cm³/mol. The van der Waals surface area contributed by atoms with Crippen LogP contribution in [0.5, 0.6) is 0 Å². The second-order valence-electron chi connectivity index (χ2n) is 5.24. The summed E-state index contributed by atoms with van der Waals surface area (Å²) in [7, 11) is 1.80. The molecule has 20 heavy (non-hydrogen) atoms. The molecule has 1 atom stereocenters. The molecule has 0 saturated heterocycles. The van der Waals surface area contributed by atoms with Crippen LogP contribution in [0, 0.1) is 5.92 Å². The summed E-state index contributed by atoms with van der Waals surface area (Å²) in [6.45, 7) is 7.83. The Kier molecular flexibility index (Phi) is 10.0. The molecule has 0 rings (SSSR count). The second kappa shape index (κ2) is 10.6. The molecule has 2 amide bonds. The number of ether oxygens (including phenoxy) is 1. The molecule has 0 radical (unpaired) electrons. The lowest BCUT2D eigenvalue weighted by Gasteiger charge is -2.28. The van der Waals surface area contributed by atoms with E-state index < -0.39 is 0 Å². The fourth-order valence-electron chi connectivity index (χ4n) is 1.60. The molecule has 118 valence electrons. The van der Waals surface area contributed by atoms with E-state index in [2.05, 4.69) is 19.2 Å². The molecule has 0 spiro atoms. The van der Waals surface area contributed by atoms with Crippen LogP contribution < -0.4 is 11.1 Å². The van der Waals surface area contributed by atoms with E-state index in [0.717, 1.165) is 0 Å². The summed E-state index contributed by atoms with van der Waals surface area (Å²) in [5.74, 6) is 0.360. The van der Waals surface area contributed by atoms with Gasteiger partial charge in [-0.3, -0.25) is 9.59 Å². The molecule has 0 heterocycles. The lowest BCUT2D eigenvalue weighted by molar-refractivity contribution is -0.132. The lowest BCUT2D eigenvalue weighted by Crippen LogP contribution is -2.40. The third-order valence-corrected chi connectivity index (χ3v) is 3.37. The van der Waals surface area contributed by atoms with Crippen LogP contribution in [0.3, 0.4) is 0 Å². The van der Waals surface area contributed by atoms with E-state index in [1.807, 2.05) is 6.92 Å². The van der Waals surface area contributed by atoms with E-state index in [0.29, 0.717) is 45.1 Å². The molecule has 6 heteroatoms. The van der Waals surface area contributed by atoms with Crippen LogP contribution in [0.4, 0.5) is 0 Å². The van der Waals surface area contributed by atoms with Gasteiger partial charge >= 0.3 is 0 Å². The summed E-state index contributed by atoms with van der Waals surface area (Å²) in [5, 5.41) is 2.72. The largest absolute Gasteiger partial charge is 0.380 e. The van der Waals surface area contributed by atoms with Crippen molar-refractivity contribution < 1.29 is 14.3 Å². The number of hydrogen-bond donors (Lipinski definition) is 2. The number of carbonyl (C=O) groups is 2. The van der Waals surface area contributed by atoms with Crippen LogP contribution >= 0.6 is 0 Å². The van der Waals surface area contributed by atoms with E-state index in [1.54, 1.807) is 11.9 Å². The molecule has 0 bridgehead atoms. The summed E-state index contributed by atoms with van der Waals surface area (Å²) < 4.78 is 5.12. The predicted octanol–water partition coefficient (Wildman–Crippen LogP) is 0.361. The van der Waals surface area contributed by atoms with Gasteiger partial charge in [0, 0.05) is 39.0 Å². The average Bonchev–Trinajstić information content (AvgIpc) is 2.41. The quantitative estimate of drug-likeness (QED) is 0.568. The zero-order chi connectivity index (χ0) is 15.5. The Morgan fingerprint density at radius 2 is 1.85 bits per heavy atom. The first-order chi connectivity index (χ1) is 9.40. The highest BCUT2D eigenvalue weighted by molar-refractivity contribution is 5.79. The van der Waals surface area contributed by atoms with Gasteiger partial charge in [0.05, 0.1) is 13.2 Å². The van der Waals surface area contributed by atoms with Crippen molar-refractivity contribution in [3.8, 4) is 0 Å². The monoisotopic (exact) mass is 287 g/mol. The van der Waals surface area contributed by atoms with Gasteiger partial charge in [-0.05, 0) is 12.8 Å². The minimum Gasteiger partial charge on any atom is -0.380 e. The molecular weight excluding hydrogens is 258 g/mol. The minimum absolute atomic E-state index is 0.0471. The first-order valence-electron chi connectivity index (χ1n) is 7.20. The summed E-state index contributed by atoms with van der Waals surface area (Å²) >= 11 is 0. The normalized spacial score (nSPS) is 12.3. The maximum Gasteiger partial charge on any atom is 0.224 e. The number of nitrogens with two attached hydrogens (primary N) is 1. The fraction of sp³-hybridized carbons (Fsp3) is 0.857. The molecular formula is C14H29N3O3. The Balaban J connectivity index is 3.77. The summed E-state index contributed by atoms with van der Waals surface area (Å²) in [6, 6.07) is 0.197. The summed E-state index contributed by atoms with van der Waals surface area (Å²) in [4.78, 5) is 25.1. The third-order valence-electron chi connectivity index (χ3n) is 3.37. The van der Waals surface area contributed by atoms with Gasteiger partial charge in [0.1, 0.15) is 0 Å². The van der Waals surface area contributed by atoms with Crippen molar-refractivity contribution in [1.82, 2.24) is 10.2 Å². The van der Waals surface area contributed by atoms with E-state index in [-0.39, 0.29) is 17.9 Å². The average molecular weight is 287 g/mol. The van der Waals surface area contributed by atoms with Gasteiger partial charge in [0.25, 0.3) is 0 Å². The fourth-order valence-corrected chi connectivity index (χ4v) is 1.60. The number of carbonyl (C=O) groups excluding carboxylic acids is 2. The smallest absolute Gasteiger partial charge is 0.224 e. The van der Waals surface area contributed by atoms with E-state index in [1.165, 1.54) is 0 Å². The van der Waals surface area contributed by atoms with Gasteiger partial charge in [-0.15, -0.1) is 0 Å². The minimum atomic E-state index is -0.102. The highest BCUT2D eigenvalue weighted by Gasteiger charge is 2.18. The van der Waals surface area contributed by atoms with E-state index in [4.69, 9.17) is 10.5 Å². The van der Waals surface area contributed by atoms with Crippen LogP contribution in [0.2, 0.25) is 0 Å². The molecule has 0 aromatic rings. The van der Waals surface area contributed by atoms with Crippen LogP contribution in [-0.4, -0.2) is 56.1 Å². The summed E-state index contributed by atoms with van der Waals surface area (Å²) in [5.41, 5.74) is 5.27. The van der Waals surface area contributed by atoms with E-state index >= 15 is 0 Å². The number of hydrogen-bond acceptors (Lipinski definition) is 4. The molecule has 3 N–H and O–H groups in total. The Hall–Kier alpha value is -1.14. The number of amides is 2. The molecule has 0 aromatic heterocycles. The Bertz CT molecular complexity index is 295. The van der Waals surface area contributed by atoms with Crippen molar-refractivity contribution in [2.24, 2.45) is 11.7 Å². The molecule has 0 aliphatic rings. The highest BCUT2D eigenvalue weighted by Crippen LogP contribution is 2.08. The maximum absolute atomic E-state index is 11.9. The number of rotatable bonds is 10. The van der Waals surface area contributed by atoms with Crippen molar-refractivity contribution in [3.63, 3.8) is 0 Å². The zero-order valence-electron chi connectivity index (χ0n) is 13.1.